The Morgan fingerprint density at radius 2 is 1.88 bits per heavy atom. The Kier molecular flexibility index (Phi) is 5.35. The van der Waals surface area contributed by atoms with Crippen LogP contribution in [-0.2, 0) is 21.6 Å². The Labute approximate surface area is 193 Å². The van der Waals surface area contributed by atoms with Gasteiger partial charge in [0.2, 0.25) is 5.54 Å². The van der Waals surface area contributed by atoms with E-state index in [4.69, 9.17) is 4.74 Å². The van der Waals surface area contributed by atoms with E-state index in [2.05, 4.69) is 0 Å². The van der Waals surface area contributed by atoms with E-state index >= 15 is 0 Å². The number of benzene rings is 2. The van der Waals surface area contributed by atoms with Crippen LogP contribution >= 0.6 is 0 Å². The minimum absolute atomic E-state index is 0.0522. The Bertz CT molecular complexity index is 1150. The summed E-state index contributed by atoms with van der Waals surface area (Å²) in [6.45, 7) is 9.35. The molecule has 2 aromatic carbocycles. The number of nitrogens with zero attached hydrogens (tertiary/aromatic N) is 3. The molecule has 1 spiro atoms. The molecule has 1 atom stereocenters. The lowest BCUT2D eigenvalue weighted by atomic mass is 9.85. The number of carbonyl (C=O) groups excluding carboxylic acids is 2. The molecule has 1 unspecified atom stereocenters. The molecular weight excluding hydrogens is 422 g/mol. The molecule has 2 aliphatic heterocycles. The molecule has 0 bridgehead atoms. The van der Waals surface area contributed by atoms with Crippen molar-refractivity contribution < 1.29 is 24.4 Å². The van der Waals surface area contributed by atoms with Gasteiger partial charge in [0.05, 0.1) is 18.7 Å². The summed E-state index contributed by atoms with van der Waals surface area (Å²) < 4.78 is 5.61. The van der Waals surface area contributed by atoms with Gasteiger partial charge in [-0.3, -0.25) is 14.9 Å². The fourth-order valence-corrected chi connectivity index (χ4v) is 4.96. The van der Waals surface area contributed by atoms with Crippen LogP contribution in [0.5, 0.6) is 0 Å². The van der Waals surface area contributed by atoms with E-state index in [-0.39, 0.29) is 30.1 Å². The average molecular weight is 452 g/mol. The number of rotatable bonds is 2. The van der Waals surface area contributed by atoms with Crippen LogP contribution in [0.25, 0.3) is 0 Å². The number of aryl methyl sites for hydroxylation is 2. The lowest BCUT2D eigenvalue weighted by Gasteiger charge is -2.33. The number of hydrogen-bond donors (Lipinski definition) is 1. The maximum absolute atomic E-state index is 14.2. The van der Waals surface area contributed by atoms with Crippen LogP contribution in [0.2, 0.25) is 0 Å². The molecule has 0 aromatic heterocycles. The smallest absolute Gasteiger partial charge is 0.411 e. The van der Waals surface area contributed by atoms with Crippen LogP contribution in [0.1, 0.15) is 49.4 Å². The predicted molar refractivity (Wildman–Crippen MR) is 123 cm³/mol. The molecule has 0 aliphatic carbocycles. The zero-order valence-electron chi connectivity index (χ0n) is 19.6. The summed E-state index contributed by atoms with van der Waals surface area (Å²) in [5.74, 6) is -0.455. The van der Waals surface area contributed by atoms with Gasteiger partial charge >= 0.3 is 6.09 Å². The van der Waals surface area contributed by atoms with Crippen molar-refractivity contribution in [1.29, 1.82) is 0 Å². The molecular formula is C25H29N3O5. The Morgan fingerprint density at radius 3 is 2.48 bits per heavy atom. The van der Waals surface area contributed by atoms with Crippen LogP contribution in [-0.4, -0.2) is 44.9 Å². The van der Waals surface area contributed by atoms with Gasteiger partial charge in [-0.05, 0) is 45.7 Å². The number of carbonyl (C=O) groups is 2. The first-order chi connectivity index (χ1) is 15.5. The highest BCUT2D eigenvalue weighted by Crippen LogP contribution is 2.51. The highest BCUT2D eigenvalue weighted by molar-refractivity contribution is 6.24. The summed E-state index contributed by atoms with van der Waals surface area (Å²) in [7, 11) is 0. The molecule has 2 aromatic rings. The van der Waals surface area contributed by atoms with Crippen molar-refractivity contribution in [2.75, 3.05) is 11.4 Å². The summed E-state index contributed by atoms with van der Waals surface area (Å²) in [6.07, 6.45) is -0.657. The van der Waals surface area contributed by atoms with Gasteiger partial charge in [-0.1, -0.05) is 48.0 Å². The van der Waals surface area contributed by atoms with Crippen LogP contribution in [0.3, 0.4) is 0 Å². The normalized spacial score (nSPS) is 21.5. The highest BCUT2D eigenvalue weighted by Gasteiger charge is 2.67. The van der Waals surface area contributed by atoms with Crippen molar-refractivity contribution in [1.82, 2.24) is 4.90 Å². The third-order valence-corrected chi connectivity index (χ3v) is 6.08. The molecule has 2 aliphatic rings. The molecule has 174 valence electrons. The van der Waals surface area contributed by atoms with Gasteiger partial charge in [-0.2, -0.15) is 0 Å². The summed E-state index contributed by atoms with van der Waals surface area (Å²) in [6, 6.07) is 13.3. The van der Waals surface area contributed by atoms with Gasteiger partial charge < -0.3 is 14.8 Å². The number of hydrogen-bond acceptors (Lipinski definition) is 5. The lowest BCUT2D eigenvalue weighted by Crippen LogP contribution is -2.57. The standard InChI is InChI=1S/C25H29N3O5/c1-16-13-17(2)21-19(14-16)25(22(29)26(21)15-18-9-7-6-8-10-18)20(28(31)32)11-12-27(25)23(30)33-24(3,4)5/h6-10,13-14H,11-12,15H2,1-5H3,(H,31,32). The van der Waals surface area contributed by atoms with Gasteiger partial charge in [0.1, 0.15) is 5.60 Å². The van der Waals surface area contributed by atoms with Gasteiger partial charge in [0.15, 0.2) is 0 Å². The number of fused-ring (bicyclic) bond motifs is 2. The molecule has 0 radical (unpaired) electrons. The fraction of sp³-hybridized carbons (Fsp3) is 0.400. The molecule has 33 heavy (non-hydrogen) atoms. The van der Waals surface area contributed by atoms with Crippen molar-refractivity contribution in [2.45, 2.75) is 58.7 Å². The quantitative estimate of drug-likeness (QED) is 0.423. The minimum atomic E-state index is -1.76. The fourth-order valence-electron chi connectivity index (χ4n) is 4.96. The van der Waals surface area contributed by atoms with Crippen LogP contribution in [0.15, 0.2) is 42.5 Å². The number of ether oxygens (including phenoxy) is 1. The predicted octanol–water partition coefficient (Wildman–Crippen LogP) is 4.03. The van der Waals surface area contributed by atoms with Crippen molar-refractivity contribution in [3.63, 3.8) is 0 Å². The van der Waals surface area contributed by atoms with Gasteiger partial charge in [-0.25, -0.2) is 4.79 Å². The van der Waals surface area contributed by atoms with Gasteiger partial charge in [0, 0.05) is 17.0 Å². The average Bonchev–Trinajstić information content (AvgIpc) is 3.22. The zero-order valence-corrected chi connectivity index (χ0v) is 19.6. The third-order valence-electron chi connectivity index (χ3n) is 6.08. The molecule has 1 fully saturated rings. The molecule has 8 heteroatoms. The Morgan fingerprint density at radius 1 is 1.21 bits per heavy atom. The lowest BCUT2D eigenvalue weighted by molar-refractivity contribution is -0.728. The summed E-state index contributed by atoms with van der Waals surface area (Å²) in [5, 5.41) is 22.4. The largest absolute Gasteiger partial charge is 0.444 e. The second-order valence-corrected chi connectivity index (χ2v) is 9.67. The van der Waals surface area contributed by atoms with E-state index < -0.39 is 23.1 Å². The van der Waals surface area contributed by atoms with Crippen molar-refractivity contribution in [3.8, 4) is 0 Å². The second-order valence-electron chi connectivity index (χ2n) is 9.67. The van der Waals surface area contributed by atoms with E-state index in [9.17, 15) is 20.0 Å². The van der Waals surface area contributed by atoms with E-state index in [1.807, 2.05) is 56.3 Å². The van der Waals surface area contributed by atoms with Crippen LogP contribution in [0.4, 0.5) is 10.5 Å². The number of amides is 2. The highest BCUT2D eigenvalue weighted by atomic mass is 16.8. The number of likely N-dealkylation sites (tertiary alicyclic amines) is 1. The van der Waals surface area contributed by atoms with Crippen molar-refractivity contribution in [2.24, 2.45) is 0 Å². The van der Waals surface area contributed by atoms with E-state index in [1.165, 1.54) is 4.90 Å². The third kappa shape index (κ3) is 3.59. The van der Waals surface area contributed by atoms with Crippen LogP contribution in [0, 0.1) is 19.1 Å². The van der Waals surface area contributed by atoms with E-state index in [0.717, 1.165) is 16.7 Å². The van der Waals surface area contributed by atoms with Crippen molar-refractivity contribution in [3.05, 3.63) is 69.9 Å². The van der Waals surface area contributed by atoms with Crippen LogP contribution < -0.4 is 4.90 Å². The first-order valence-electron chi connectivity index (χ1n) is 11.0. The SMILES string of the molecule is Cc1cc(C)c2c(c1)C1(C(=O)N2Cc2ccccc2)/C(=[N+](/[O-])O)CCN1C(=O)OC(C)(C)C. The zero-order chi connectivity index (χ0) is 24.1. The Balaban J connectivity index is 1.96. The maximum atomic E-state index is 14.2. The van der Waals surface area contributed by atoms with Gasteiger partial charge in [0.25, 0.3) is 11.6 Å². The topological polar surface area (TPSA) is 96.1 Å². The van der Waals surface area contributed by atoms with E-state index in [0.29, 0.717) is 11.3 Å². The monoisotopic (exact) mass is 451 g/mol. The Hall–Kier alpha value is -3.55. The number of anilines is 1. The summed E-state index contributed by atoms with van der Waals surface area (Å²) in [5.41, 5.74) is 1.13. The maximum Gasteiger partial charge on any atom is 0.411 e. The molecule has 0 saturated carbocycles. The summed E-state index contributed by atoms with van der Waals surface area (Å²) >= 11 is 0. The molecule has 2 heterocycles. The van der Waals surface area contributed by atoms with Gasteiger partial charge in [-0.15, -0.1) is 0 Å². The summed E-state index contributed by atoms with van der Waals surface area (Å²) in [4.78, 5) is 30.2. The van der Waals surface area contributed by atoms with Crippen molar-refractivity contribution >= 4 is 23.4 Å². The molecule has 4 rings (SSSR count). The molecule has 2 amide bonds. The first kappa shape index (κ1) is 22.6. The molecule has 8 nitrogen and oxygen atoms in total. The second kappa shape index (κ2) is 7.79. The first-order valence-corrected chi connectivity index (χ1v) is 11.0. The minimum Gasteiger partial charge on any atom is -0.444 e. The van der Waals surface area contributed by atoms with E-state index in [1.54, 1.807) is 25.7 Å². The molecule has 1 N–H and O–H groups in total. The molecule has 1 saturated heterocycles.